The first kappa shape index (κ1) is 11.8. The van der Waals surface area contributed by atoms with Crippen LogP contribution in [-0.2, 0) is 4.79 Å². The molecule has 2 heterocycles. The molecular formula is C10H9ClN2OS. The lowest BCUT2D eigenvalue weighted by atomic mass is 10.2. The molecule has 0 aliphatic carbocycles. The SMILES string of the molecule is Cc1cscc1-c1ncccn1.O=CCl. The van der Waals surface area contributed by atoms with Crippen molar-refractivity contribution in [2.75, 3.05) is 0 Å². The van der Waals surface area contributed by atoms with Crippen LogP contribution >= 0.6 is 22.9 Å². The Hall–Kier alpha value is -1.26. The van der Waals surface area contributed by atoms with Crippen LogP contribution in [0.1, 0.15) is 5.56 Å². The van der Waals surface area contributed by atoms with Crippen LogP contribution < -0.4 is 0 Å². The molecule has 2 aromatic rings. The number of thiophene rings is 1. The molecule has 0 amide bonds. The Kier molecular flexibility index (Phi) is 4.93. The van der Waals surface area contributed by atoms with Crippen LogP contribution in [0.3, 0.4) is 0 Å². The van der Waals surface area contributed by atoms with E-state index >= 15 is 0 Å². The summed E-state index contributed by atoms with van der Waals surface area (Å²) in [6.07, 6.45) is 3.53. The van der Waals surface area contributed by atoms with Crippen LogP contribution in [0.15, 0.2) is 29.2 Å². The third-order valence-electron chi connectivity index (χ3n) is 1.66. The van der Waals surface area contributed by atoms with Gasteiger partial charge in [0.25, 0.3) is 0 Å². The number of aromatic nitrogens is 2. The molecule has 2 rings (SSSR count). The first-order chi connectivity index (χ1) is 7.29. The molecule has 0 radical (unpaired) electrons. The summed E-state index contributed by atoms with van der Waals surface area (Å²) in [5, 5.41) is 4.18. The third-order valence-corrected chi connectivity index (χ3v) is 2.52. The smallest absolute Gasteiger partial charge is 0.208 e. The Balaban J connectivity index is 0.000000337. The van der Waals surface area contributed by atoms with E-state index in [-0.39, 0.29) is 5.75 Å². The quantitative estimate of drug-likeness (QED) is 0.569. The Morgan fingerprint density at radius 1 is 1.33 bits per heavy atom. The van der Waals surface area contributed by atoms with Gasteiger partial charge in [0.2, 0.25) is 5.75 Å². The predicted octanol–water partition coefficient (Wildman–Crippen LogP) is 2.93. The molecule has 3 nitrogen and oxygen atoms in total. The molecule has 0 bridgehead atoms. The largest absolute Gasteiger partial charge is 0.285 e. The summed E-state index contributed by atoms with van der Waals surface area (Å²) in [6.45, 7) is 2.07. The van der Waals surface area contributed by atoms with Gasteiger partial charge in [-0.15, -0.1) is 0 Å². The number of carbonyl (C=O) groups is 1. The second-order valence-corrected chi connectivity index (χ2v) is 3.55. The van der Waals surface area contributed by atoms with Gasteiger partial charge in [-0.1, -0.05) is 0 Å². The highest BCUT2D eigenvalue weighted by atomic mass is 35.5. The fraction of sp³-hybridized carbons (Fsp3) is 0.100. The third kappa shape index (κ3) is 3.42. The van der Waals surface area contributed by atoms with Crippen LogP contribution in [-0.4, -0.2) is 15.7 Å². The van der Waals surface area contributed by atoms with Crippen molar-refractivity contribution in [3.05, 3.63) is 34.8 Å². The average Bonchev–Trinajstić information content (AvgIpc) is 2.67. The lowest BCUT2D eigenvalue weighted by molar-refractivity contribution is 0.569. The molecule has 5 heteroatoms. The molecule has 0 fully saturated rings. The molecular weight excluding hydrogens is 232 g/mol. The second kappa shape index (κ2) is 6.27. The van der Waals surface area contributed by atoms with Crippen molar-refractivity contribution in [2.45, 2.75) is 6.92 Å². The minimum absolute atomic E-state index is 0.222. The summed E-state index contributed by atoms with van der Waals surface area (Å²) >= 11 is 6.00. The van der Waals surface area contributed by atoms with Gasteiger partial charge in [-0.05, 0) is 35.5 Å². The van der Waals surface area contributed by atoms with Gasteiger partial charge in [-0.2, -0.15) is 11.3 Å². The van der Waals surface area contributed by atoms with Gasteiger partial charge in [0.1, 0.15) is 0 Å². The van der Waals surface area contributed by atoms with Gasteiger partial charge < -0.3 is 0 Å². The second-order valence-electron chi connectivity index (χ2n) is 2.63. The Morgan fingerprint density at radius 3 is 2.40 bits per heavy atom. The summed E-state index contributed by atoms with van der Waals surface area (Å²) in [4.78, 5) is 16.9. The van der Waals surface area contributed by atoms with Gasteiger partial charge in [-0.25, -0.2) is 9.97 Å². The van der Waals surface area contributed by atoms with E-state index in [0.717, 1.165) is 11.4 Å². The van der Waals surface area contributed by atoms with E-state index in [1.54, 1.807) is 23.7 Å². The maximum Gasteiger partial charge on any atom is 0.208 e. The average molecular weight is 241 g/mol. The number of hydrogen-bond donors (Lipinski definition) is 0. The summed E-state index contributed by atoms with van der Waals surface area (Å²) in [6, 6.07) is 1.82. The molecule has 0 aromatic carbocycles. The standard InChI is InChI=1S/C9H8N2S.CHClO/c1-7-5-12-6-8(7)9-10-3-2-4-11-9;2-1-3/h2-6H,1H3;1H. The lowest BCUT2D eigenvalue weighted by Gasteiger charge is -1.95. The molecule has 0 atom stereocenters. The van der Waals surface area contributed by atoms with Gasteiger partial charge in [-0.3, -0.25) is 4.79 Å². The summed E-state index contributed by atoms with van der Waals surface area (Å²) in [7, 11) is 0. The van der Waals surface area contributed by atoms with Crippen molar-refractivity contribution in [2.24, 2.45) is 0 Å². The first-order valence-electron chi connectivity index (χ1n) is 4.13. The van der Waals surface area contributed by atoms with E-state index in [9.17, 15) is 0 Å². The molecule has 2 aromatic heterocycles. The van der Waals surface area contributed by atoms with E-state index in [1.807, 2.05) is 6.07 Å². The zero-order chi connectivity index (χ0) is 11.1. The van der Waals surface area contributed by atoms with E-state index in [1.165, 1.54) is 5.56 Å². The molecule has 0 unspecified atom stereocenters. The van der Waals surface area contributed by atoms with Gasteiger partial charge in [0.15, 0.2) is 5.82 Å². The Labute approximate surface area is 96.8 Å². The highest BCUT2D eigenvalue weighted by molar-refractivity contribution is 7.08. The van der Waals surface area contributed by atoms with E-state index in [2.05, 4.69) is 39.3 Å². The van der Waals surface area contributed by atoms with Crippen molar-refractivity contribution in [3.8, 4) is 11.4 Å². The number of hydrogen-bond acceptors (Lipinski definition) is 4. The number of halogens is 1. The van der Waals surface area contributed by atoms with E-state index in [4.69, 9.17) is 4.79 Å². The maximum atomic E-state index is 8.57. The van der Waals surface area contributed by atoms with Crippen molar-refractivity contribution in [1.29, 1.82) is 0 Å². The van der Waals surface area contributed by atoms with Crippen molar-refractivity contribution >= 4 is 28.7 Å². The minimum Gasteiger partial charge on any atom is -0.285 e. The molecule has 0 spiro atoms. The zero-order valence-corrected chi connectivity index (χ0v) is 9.63. The van der Waals surface area contributed by atoms with Crippen LogP contribution in [0, 0.1) is 6.92 Å². The maximum absolute atomic E-state index is 8.57. The predicted molar refractivity (Wildman–Crippen MR) is 62.7 cm³/mol. The normalized spacial score (nSPS) is 8.93. The fourth-order valence-electron chi connectivity index (χ4n) is 1.03. The van der Waals surface area contributed by atoms with Crippen LogP contribution in [0.4, 0.5) is 0 Å². The molecule has 0 saturated carbocycles. The first-order valence-corrected chi connectivity index (χ1v) is 5.51. The monoisotopic (exact) mass is 240 g/mol. The molecule has 0 aliphatic rings. The fourth-order valence-corrected chi connectivity index (χ4v) is 1.85. The van der Waals surface area contributed by atoms with Crippen LogP contribution in [0.2, 0.25) is 0 Å². The number of rotatable bonds is 1. The number of nitrogens with zero attached hydrogens (tertiary/aromatic N) is 2. The van der Waals surface area contributed by atoms with E-state index < -0.39 is 0 Å². The molecule has 15 heavy (non-hydrogen) atoms. The van der Waals surface area contributed by atoms with Crippen molar-refractivity contribution in [3.63, 3.8) is 0 Å². The summed E-state index contributed by atoms with van der Waals surface area (Å²) in [5.41, 5.74) is 2.38. The molecule has 0 saturated heterocycles. The summed E-state index contributed by atoms with van der Waals surface area (Å²) < 4.78 is 0. The molecule has 0 N–H and O–H groups in total. The van der Waals surface area contributed by atoms with E-state index in [0.29, 0.717) is 0 Å². The Bertz CT molecular complexity index is 416. The minimum atomic E-state index is 0.222. The molecule has 78 valence electrons. The lowest BCUT2D eigenvalue weighted by Crippen LogP contribution is -1.85. The summed E-state index contributed by atoms with van der Waals surface area (Å²) in [5.74, 6) is 1.04. The highest BCUT2D eigenvalue weighted by Gasteiger charge is 2.03. The number of aryl methyl sites for hydroxylation is 1. The number of carbonyl (C=O) groups excluding carboxylic acids is 1. The topological polar surface area (TPSA) is 42.9 Å². The van der Waals surface area contributed by atoms with Crippen molar-refractivity contribution in [1.82, 2.24) is 9.97 Å². The van der Waals surface area contributed by atoms with Gasteiger partial charge >= 0.3 is 0 Å². The van der Waals surface area contributed by atoms with Crippen LogP contribution in [0.5, 0.6) is 0 Å². The zero-order valence-electron chi connectivity index (χ0n) is 8.05. The van der Waals surface area contributed by atoms with Gasteiger partial charge in [0.05, 0.1) is 0 Å². The highest BCUT2D eigenvalue weighted by Crippen LogP contribution is 2.22. The van der Waals surface area contributed by atoms with Crippen molar-refractivity contribution < 1.29 is 4.79 Å². The molecule has 0 aliphatic heterocycles. The Morgan fingerprint density at radius 2 is 1.93 bits per heavy atom. The van der Waals surface area contributed by atoms with Gasteiger partial charge in [0, 0.05) is 23.3 Å². The van der Waals surface area contributed by atoms with Crippen LogP contribution in [0.25, 0.3) is 11.4 Å².